The van der Waals surface area contributed by atoms with Crippen LogP contribution < -0.4 is 10.5 Å². The summed E-state index contributed by atoms with van der Waals surface area (Å²) in [4.78, 5) is 11.1. The molecule has 0 bridgehead atoms. The molecule has 0 aromatic carbocycles. The van der Waals surface area contributed by atoms with Gasteiger partial charge >= 0.3 is 5.97 Å². The second kappa shape index (κ2) is 4.61. The van der Waals surface area contributed by atoms with Gasteiger partial charge in [0.1, 0.15) is 5.69 Å². The lowest BCUT2D eigenvalue weighted by Gasteiger charge is -2.19. The summed E-state index contributed by atoms with van der Waals surface area (Å²) in [7, 11) is 0. The van der Waals surface area contributed by atoms with Gasteiger partial charge in [0.05, 0.1) is 0 Å². The van der Waals surface area contributed by atoms with Crippen LogP contribution in [0, 0.1) is 5.21 Å². The van der Waals surface area contributed by atoms with Crippen LogP contribution in [0.15, 0.2) is 6.07 Å². The van der Waals surface area contributed by atoms with Crippen molar-refractivity contribution >= 4 is 11.8 Å². The minimum absolute atomic E-state index is 0.00194. The molecule has 1 aromatic heterocycles. The molecule has 0 aliphatic carbocycles. The summed E-state index contributed by atoms with van der Waals surface area (Å²) in [5.74, 6) is -1.39. The highest BCUT2D eigenvalue weighted by atomic mass is 16.5. The zero-order chi connectivity index (χ0) is 13.3. The molecule has 94 valence electrons. The van der Waals surface area contributed by atoms with Gasteiger partial charge in [0.25, 0.3) is 5.82 Å². The van der Waals surface area contributed by atoms with Crippen LogP contribution in [0.1, 0.15) is 61.1 Å². The van der Waals surface area contributed by atoms with Crippen LogP contribution in [0.3, 0.4) is 0 Å². The van der Waals surface area contributed by atoms with E-state index in [1.165, 1.54) is 0 Å². The first-order chi connectivity index (χ1) is 7.77. The Hall–Kier alpha value is -1.78. The summed E-state index contributed by atoms with van der Waals surface area (Å²) >= 11 is 0. The van der Waals surface area contributed by atoms with Crippen LogP contribution in [0.4, 0.5) is 5.82 Å². The lowest BCUT2D eigenvalue weighted by molar-refractivity contribution is -0.600. The summed E-state index contributed by atoms with van der Waals surface area (Å²) in [6.07, 6.45) is 0. The highest BCUT2D eigenvalue weighted by Crippen LogP contribution is 2.25. The van der Waals surface area contributed by atoms with Crippen molar-refractivity contribution < 1.29 is 14.6 Å². The predicted octanol–water partition coefficient (Wildman–Crippen LogP) is 1.85. The second-order valence-corrected chi connectivity index (χ2v) is 4.69. The Morgan fingerprint density at radius 1 is 1.35 bits per heavy atom. The van der Waals surface area contributed by atoms with Crippen molar-refractivity contribution in [3.63, 3.8) is 0 Å². The van der Waals surface area contributed by atoms with Crippen LogP contribution in [0.25, 0.3) is 0 Å². The molecule has 1 heterocycles. The molecule has 17 heavy (non-hydrogen) atoms. The van der Waals surface area contributed by atoms with E-state index in [2.05, 4.69) is 0 Å². The Balaban J connectivity index is 3.62. The smallest absolute Gasteiger partial charge is 0.344 e. The third-order valence-corrected chi connectivity index (χ3v) is 2.73. The lowest BCUT2D eigenvalue weighted by atomic mass is 9.95. The van der Waals surface area contributed by atoms with Crippen molar-refractivity contribution in [2.24, 2.45) is 0 Å². The Morgan fingerprint density at radius 2 is 1.88 bits per heavy atom. The van der Waals surface area contributed by atoms with Gasteiger partial charge in [-0.2, -0.15) is 0 Å². The molecule has 0 radical (unpaired) electrons. The molecule has 0 amide bonds. The summed E-state index contributed by atoms with van der Waals surface area (Å²) in [6.45, 7) is 7.49. The Bertz CT molecular complexity index is 454. The monoisotopic (exact) mass is 238 g/mol. The number of aromatic nitrogens is 1. The standard InChI is InChI=1S/C12H18N2O3/c1-6(2)8-5-9(7(3)4)14(17)11(13)10(8)12(15)16/h5-7H,13H2,1-4H3,(H,15,16). The van der Waals surface area contributed by atoms with E-state index >= 15 is 0 Å². The zero-order valence-corrected chi connectivity index (χ0v) is 10.5. The zero-order valence-electron chi connectivity index (χ0n) is 10.5. The summed E-state index contributed by atoms with van der Waals surface area (Å²) in [5, 5.41) is 21.0. The first kappa shape index (κ1) is 13.3. The molecule has 5 heteroatoms. The SMILES string of the molecule is CC(C)c1cc(C(C)C)[n+]([O-])c(N)c1C(=O)O. The molecule has 0 spiro atoms. The van der Waals surface area contributed by atoms with Gasteiger partial charge in [-0.25, -0.2) is 9.52 Å². The third-order valence-electron chi connectivity index (χ3n) is 2.73. The number of rotatable bonds is 3. The molecule has 3 N–H and O–H groups in total. The lowest BCUT2D eigenvalue weighted by Crippen LogP contribution is -2.38. The van der Waals surface area contributed by atoms with Crippen molar-refractivity contribution in [3.8, 4) is 0 Å². The average Bonchev–Trinajstić information content (AvgIpc) is 2.19. The van der Waals surface area contributed by atoms with Gasteiger partial charge in [-0.3, -0.25) is 5.73 Å². The molecule has 0 saturated heterocycles. The van der Waals surface area contributed by atoms with Crippen LogP contribution in [-0.2, 0) is 0 Å². The highest BCUT2D eigenvalue weighted by molar-refractivity contribution is 5.93. The number of hydrogen-bond acceptors (Lipinski definition) is 3. The molecule has 0 aliphatic rings. The number of carboxylic acid groups (broad SMARTS) is 1. The summed E-state index contributed by atoms with van der Waals surface area (Å²) < 4.78 is 0.514. The quantitative estimate of drug-likeness (QED) is 0.621. The molecule has 0 saturated carbocycles. The van der Waals surface area contributed by atoms with Crippen molar-refractivity contribution in [1.29, 1.82) is 0 Å². The van der Waals surface area contributed by atoms with E-state index in [-0.39, 0.29) is 23.2 Å². The molecule has 1 aromatic rings. The van der Waals surface area contributed by atoms with E-state index in [9.17, 15) is 10.0 Å². The maximum absolute atomic E-state index is 11.8. The molecule has 0 unspecified atom stereocenters. The number of nitrogens with zero attached hydrogens (tertiary/aromatic N) is 1. The largest absolute Gasteiger partial charge is 0.710 e. The van der Waals surface area contributed by atoms with Crippen LogP contribution in [0.2, 0.25) is 0 Å². The van der Waals surface area contributed by atoms with Gasteiger partial charge in [-0.1, -0.05) is 27.7 Å². The fourth-order valence-corrected chi connectivity index (χ4v) is 1.77. The van der Waals surface area contributed by atoms with Crippen molar-refractivity contribution in [3.05, 3.63) is 28.1 Å². The fourth-order valence-electron chi connectivity index (χ4n) is 1.77. The van der Waals surface area contributed by atoms with Crippen molar-refractivity contribution in [2.45, 2.75) is 39.5 Å². The molecule has 0 atom stereocenters. The van der Waals surface area contributed by atoms with Gasteiger partial charge in [0, 0.05) is 5.92 Å². The third kappa shape index (κ3) is 2.33. The number of nitrogens with two attached hydrogens (primary N) is 1. The molecular formula is C12H18N2O3. The van der Waals surface area contributed by atoms with Crippen LogP contribution >= 0.6 is 0 Å². The first-order valence-corrected chi connectivity index (χ1v) is 5.56. The molecular weight excluding hydrogens is 220 g/mol. The minimum Gasteiger partial charge on any atom is -0.710 e. The average molecular weight is 238 g/mol. The maximum atomic E-state index is 11.8. The number of carbonyl (C=O) groups is 1. The maximum Gasteiger partial charge on any atom is 0.344 e. The van der Waals surface area contributed by atoms with E-state index in [0.29, 0.717) is 16.0 Å². The first-order valence-electron chi connectivity index (χ1n) is 5.56. The number of aromatic carboxylic acids is 1. The van der Waals surface area contributed by atoms with E-state index in [0.717, 1.165) is 0 Å². The normalized spacial score (nSPS) is 11.2. The van der Waals surface area contributed by atoms with Crippen LogP contribution in [0.5, 0.6) is 0 Å². The number of hydrogen-bond donors (Lipinski definition) is 2. The molecule has 0 fully saturated rings. The number of carboxylic acids is 1. The van der Waals surface area contributed by atoms with E-state index in [4.69, 9.17) is 10.8 Å². The Morgan fingerprint density at radius 3 is 2.24 bits per heavy atom. The Kier molecular flexibility index (Phi) is 3.60. The minimum atomic E-state index is -1.16. The predicted molar refractivity (Wildman–Crippen MR) is 65.0 cm³/mol. The number of nitrogen functional groups attached to an aromatic ring is 1. The molecule has 0 aliphatic heterocycles. The highest BCUT2D eigenvalue weighted by Gasteiger charge is 2.25. The van der Waals surface area contributed by atoms with Gasteiger partial charge in [0.2, 0.25) is 0 Å². The number of anilines is 1. The topological polar surface area (TPSA) is 90.3 Å². The van der Waals surface area contributed by atoms with Gasteiger partial charge < -0.3 is 10.3 Å². The van der Waals surface area contributed by atoms with Gasteiger partial charge in [-0.15, -0.1) is 0 Å². The fraction of sp³-hybridized carbons (Fsp3) is 0.500. The summed E-state index contributed by atoms with van der Waals surface area (Å²) in [6, 6.07) is 1.64. The Labute approximate surface area is 100 Å². The van der Waals surface area contributed by atoms with E-state index in [1.54, 1.807) is 6.07 Å². The summed E-state index contributed by atoms with van der Waals surface area (Å²) in [5.41, 5.74) is 6.65. The van der Waals surface area contributed by atoms with E-state index in [1.807, 2.05) is 27.7 Å². The van der Waals surface area contributed by atoms with Crippen molar-refractivity contribution in [1.82, 2.24) is 0 Å². The number of pyridine rings is 1. The molecule has 1 rings (SSSR count). The van der Waals surface area contributed by atoms with E-state index < -0.39 is 5.97 Å². The van der Waals surface area contributed by atoms with Crippen LogP contribution in [-0.4, -0.2) is 11.1 Å². The molecule has 5 nitrogen and oxygen atoms in total. The van der Waals surface area contributed by atoms with Crippen molar-refractivity contribution in [2.75, 3.05) is 5.73 Å². The second-order valence-electron chi connectivity index (χ2n) is 4.69. The van der Waals surface area contributed by atoms with Gasteiger partial charge in [0.15, 0.2) is 5.56 Å². The van der Waals surface area contributed by atoms with Gasteiger partial charge in [-0.05, 0) is 17.5 Å².